The van der Waals surface area contributed by atoms with Gasteiger partial charge in [0, 0.05) is 30.6 Å². The average Bonchev–Trinajstić information content (AvgIpc) is 3.15. The van der Waals surface area contributed by atoms with E-state index in [1.54, 1.807) is 43.6 Å². The van der Waals surface area contributed by atoms with E-state index >= 15 is 0 Å². The van der Waals surface area contributed by atoms with Crippen LogP contribution in [0.4, 0.5) is 4.39 Å². The lowest BCUT2D eigenvalue weighted by Crippen LogP contribution is -2.37. The van der Waals surface area contributed by atoms with Crippen molar-refractivity contribution in [2.24, 2.45) is 0 Å². The first-order valence-electron chi connectivity index (χ1n) is 7.67. The van der Waals surface area contributed by atoms with Gasteiger partial charge >= 0.3 is 0 Å². The maximum absolute atomic E-state index is 13.6. The molecule has 128 valence electrons. The van der Waals surface area contributed by atoms with Crippen molar-refractivity contribution < 1.29 is 9.18 Å². The van der Waals surface area contributed by atoms with Crippen LogP contribution in [0.2, 0.25) is 0 Å². The Kier molecular flexibility index (Phi) is 4.69. The number of nitrogens with zero attached hydrogens (tertiary/aromatic N) is 4. The fraction of sp³-hybridized carbons (Fsp3) is 0.176. The second-order valence-electron chi connectivity index (χ2n) is 5.41. The van der Waals surface area contributed by atoms with E-state index in [1.807, 2.05) is 0 Å². The summed E-state index contributed by atoms with van der Waals surface area (Å²) in [6.07, 6.45) is 3.27. The predicted molar refractivity (Wildman–Crippen MR) is 88.6 cm³/mol. The van der Waals surface area contributed by atoms with Crippen molar-refractivity contribution in [2.45, 2.75) is 19.5 Å². The Balaban J connectivity index is 1.77. The van der Waals surface area contributed by atoms with Crippen LogP contribution in [0.15, 0.2) is 59.7 Å². The van der Waals surface area contributed by atoms with Gasteiger partial charge in [-0.25, -0.2) is 13.8 Å². The molecular formula is C17H16FN5O2. The molecule has 2 heterocycles. The molecular weight excluding hydrogens is 325 g/mol. The Morgan fingerprint density at radius 3 is 2.76 bits per heavy atom. The van der Waals surface area contributed by atoms with Gasteiger partial charge < -0.3 is 5.32 Å². The third-order valence-corrected chi connectivity index (χ3v) is 3.71. The predicted octanol–water partition coefficient (Wildman–Crippen LogP) is 1.45. The molecule has 0 aliphatic heterocycles. The minimum absolute atomic E-state index is 0.0312. The number of halogens is 1. The zero-order chi connectivity index (χ0) is 17.8. The third kappa shape index (κ3) is 3.63. The number of benzene rings is 1. The maximum Gasteiger partial charge on any atom is 0.267 e. The quantitative estimate of drug-likeness (QED) is 0.761. The third-order valence-electron chi connectivity index (χ3n) is 3.71. The summed E-state index contributed by atoms with van der Waals surface area (Å²) in [5.74, 6) is -0.416. The molecule has 25 heavy (non-hydrogen) atoms. The van der Waals surface area contributed by atoms with Crippen LogP contribution in [0.3, 0.4) is 0 Å². The molecule has 1 atom stereocenters. The summed E-state index contributed by atoms with van der Waals surface area (Å²) >= 11 is 0. The van der Waals surface area contributed by atoms with E-state index in [9.17, 15) is 14.0 Å². The fourth-order valence-corrected chi connectivity index (χ4v) is 2.30. The largest absolute Gasteiger partial charge is 0.350 e. The average molecular weight is 341 g/mol. The second kappa shape index (κ2) is 7.08. The Bertz CT molecular complexity index is 936. The Morgan fingerprint density at radius 1 is 1.24 bits per heavy atom. The second-order valence-corrected chi connectivity index (χ2v) is 5.41. The zero-order valence-electron chi connectivity index (χ0n) is 13.5. The molecule has 0 radical (unpaired) electrons. The summed E-state index contributed by atoms with van der Waals surface area (Å²) in [5, 5.41) is 10.8. The number of hydrogen-bond acceptors (Lipinski definition) is 4. The van der Waals surface area contributed by atoms with Crippen LogP contribution in [-0.4, -0.2) is 25.5 Å². The zero-order valence-corrected chi connectivity index (χ0v) is 13.5. The highest BCUT2D eigenvalue weighted by Crippen LogP contribution is 2.08. The van der Waals surface area contributed by atoms with E-state index in [0.29, 0.717) is 11.4 Å². The van der Waals surface area contributed by atoms with Crippen LogP contribution in [0, 0.1) is 5.82 Å². The van der Waals surface area contributed by atoms with E-state index in [1.165, 1.54) is 22.9 Å². The molecule has 1 aromatic carbocycles. The normalized spacial score (nSPS) is 11.9. The number of carbonyl (C=O) groups is 1. The fourth-order valence-electron chi connectivity index (χ4n) is 2.30. The standard InChI is InChI=1S/C17H16FN5O2/c1-12(17(25)19-11-13-5-2-3-6-14(13)18)23-16(24)8-7-15(21-23)22-10-4-9-20-22/h2-10,12H,11H2,1H3,(H,19,25). The summed E-state index contributed by atoms with van der Waals surface area (Å²) in [6.45, 7) is 1.58. The molecule has 0 spiro atoms. The van der Waals surface area contributed by atoms with Crippen LogP contribution in [0.1, 0.15) is 18.5 Å². The van der Waals surface area contributed by atoms with Crippen molar-refractivity contribution in [1.29, 1.82) is 0 Å². The van der Waals surface area contributed by atoms with Crippen molar-refractivity contribution in [3.63, 3.8) is 0 Å². The highest BCUT2D eigenvalue weighted by Gasteiger charge is 2.18. The van der Waals surface area contributed by atoms with Crippen molar-refractivity contribution in [3.8, 4) is 5.82 Å². The van der Waals surface area contributed by atoms with Crippen molar-refractivity contribution in [2.75, 3.05) is 0 Å². The first kappa shape index (κ1) is 16.6. The minimum Gasteiger partial charge on any atom is -0.350 e. The SMILES string of the molecule is CC(C(=O)NCc1ccccc1F)n1nc(-n2cccn2)ccc1=O. The first-order chi connectivity index (χ1) is 12.1. The molecule has 1 amide bonds. The lowest BCUT2D eigenvalue weighted by molar-refractivity contribution is -0.124. The van der Waals surface area contributed by atoms with Gasteiger partial charge in [-0.15, -0.1) is 5.10 Å². The molecule has 8 heteroatoms. The number of aromatic nitrogens is 4. The monoisotopic (exact) mass is 341 g/mol. The van der Waals surface area contributed by atoms with Gasteiger partial charge in [0.15, 0.2) is 5.82 Å². The lowest BCUT2D eigenvalue weighted by Gasteiger charge is -2.15. The van der Waals surface area contributed by atoms with Crippen molar-refractivity contribution >= 4 is 5.91 Å². The minimum atomic E-state index is -0.852. The van der Waals surface area contributed by atoms with Gasteiger partial charge in [0.2, 0.25) is 5.91 Å². The van der Waals surface area contributed by atoms with E-state index in [0.717, 1.165) is 4.68 Å². The van der Waals surface area contributed by atoms with Gasteiger partial charge in [-0.3, -0.25) is 9.59 Å². The highest BCUT2D eigenvalue weighted by atomic mass is 19.1. The van der Waals surface area contributed by atoms with Crippen molar-refractivity contribution in [3.05, 3.63) is 76.6 Å². The smallest absolute Gasteiger partial charge is 0.267 e. The van der Waals surface area contributed by atoms with E-state index in [4.69, 9.17) is 0 Å². The molecule has 7 nitrogen and oxygen atoms in total. The summed E-state index contributed by atoms with van der Waals surface area (Å²) in [6, 6.07) is 9.89. The summed E-state index contributed by atoms with van der Waals surface area (Å²) in [7, 11) is 0. The molecule has 3 aromatic rings. The van der Waals surface area contributed by atoms with Crippen LogP contribution in [0.5, 0.6) is 0 Å². The summed E-state index contributed by atoms with van der Waals surface area (Å²) < 4.78 is 16.2. The van der Waals surface area contributed by atoms with E-state index in [2.05, 4.69) is 15.5 Å². The van der Waals surface area contributed by atoms with Gasteiger partial charge in [-0.05, 0) is 25.1 Å². The number of hydrogen-bond donors (Lipinski definition) is 1. The maximum atomic E-state index is 13.6. The van der Waals surface area contributed by atoms with Gasteiger partial charge in [0.25, 0.3) is 5.56 Å². The van der Waals surface area contributed by atoms with Gasteiger partial charge in [0.05, 0.1) is 0 Å². The topological polar surface area (TPSA) is 81.8 Å². The number of nitrogens with one attached hydrogen (secondary N) is 1. The molecule has 0 fully saturated rings. The molecule has 0 aliphatic carbocycles. The van der Waals surface area contributed by atoms with Crippen LogP contribution < -0.4 is 10.9 Å². The molecule has 1 unspecified atom stereocenters. The van der Waals surface area contributed by atoms with Gasteiger partial charge in [-0.2, -0.15) is 5.10 Å². The number of rotatable bonds is 5. The van der Waals surface area contributed by atoms with E-state index in [-0.39, 0.29) is 6.54 Å². The van der Waals surface area contributed by atoms with Crippen molar-refractivity contribution in [1.82, 2.24) is 24.9 Å². The Labute approximate surface area is 142 Å². The molecule has 1 N–H and O–H groups in total. The highest BCUT2D eigenvalue weighted by molar-refractivity contribution is 5.79. The summed E-state index contributed by atoms with van der Waals surface area (Å²) in [5.41, 5.74) is -0.0434. The van der Waals surface area contributed by atoms with Gasteiger partial charge in [-0.1, -0.05) is 18.2 Å². The van der Waals surface area contributed by atoms with Crippen LogP contribution >= 0.6 is 0 Å². The molecule has 0 saturated heterocycles. The first-order valence-corrected chi connectivity index (χ1v) is 7.67. The molecule has 2 aromatic heterocycles. The van der Waals surface area contributed by atoms with Gasteiger partial charge in [0.1, 0.15) is 11.9 Å². The van der Waals surface area contributed by atoms with Crippen LogP contribution in [-0.2, 0) is 11.3 Å². The Morgan fingerprint density at radius 2 is 2.04 bits per heavy atom. The van der Waals surface area contributed by atoms with E-state index < -0.39 is 23.3 Å². The number of amides is 1. The lowest BCUT2D eigenvalue weighted by atomic mass is 10.2. The molecule has 3 rings (SSSR count). The molecule has 0 saturated carbocycles. The Hall–Kier alpha value is -3.29. The number of carbonyl (C=O) groups excluding carboxylic acids is 1. The summed E-state index contributed by atoms with van der Waals surface area (Å²) in [4.78, 5) is 24.4. The molecule has 0 aliphatic rings. The molecule has 0 bridgehead atoms. The van der Waals surface area contributed by atoms with Crippen LogP contribution in [0.25, 0.3) is 5.82 Å².